The maximum absolute atomic E-state index is 12.9. The predicted octanol–water partition coefficient (Wildman–Crippen LogP) is 3.22. The lowest BCUT2D eigenvalue weighted by atomic mass is 9.99. The maximum Gasteiger partial charge on any atom is 0.244 e. The van der Waals surface area contributed by atoms with Gasteiger partial charge >= 0.3 is 0 Å². The van der Waals surface area contributed by atoms with Crippen LogP contribution in [-0.2, 0) is 14.8 Å². The van der Waals surface area contributed by atoms with Crippen molar-refractivity contribution in [2.24, 2.45) is 11.0 Å². The summed E-state index contributed by atoms with van der Waals surface area (Å²) in [5.41, 5.74) is 4.77. The minimum absolute atomic E-state index is 0.171. The van der Waals surface area contributed by atoms with Crippen molar-refractivity contribution in [3.8, 4) is 0 Å². The number of rotatable bonds is 4. The lowest BCUT2D eigenvalue weighted by molar-refractivity contribution is -0.126. The van der Waals surface area contributed by atoms with Crippen molar-refractivity contribution in [2.45, 2.75) is 63.2 Å². The predicted molar refractivity (Wildman–Crippen MR) is 106 cm³/mol. The van der Waals surface area contributed by atoms with E-state index in [-0.39, 0.29) is 23.3 Å². The van der Waals surface area contributed by atoms with Crippen LogP contribution in [0.1, 0.15) is 56.9 Å². The molecule has 27 heavy (non-hydrogen) atoms. The van der Waals surface area contributed by atoms with Gasteiger partial charge in [-0.2, -0.15) is 9.41 Å². The zero-order valence-electron chi connectivity index (χ0n) is 16.0. The molecular formula is C20H29N3O3S. The Morgan fingerprint density at radius 3 is 2.41 bits per heavy atom. The van der Waals surface area contributed by atoms with E-state index in [9.17, 15) is 13.2 Å². The summed E-state index contributed by atoms with van der Waals surface area (Å²) in [7, 11) is -3.57. The SMILES string of the molecule is Cc1ccc(S(=O)(=O)N2CCC[C@H](C(=O)NN=C3CCCCCC3)C2)cc1. The van der Waals surface area contributed by atoms with Gasteiger partial charge in [-0.3, -0.25) is 4.79 Å². The number of hydrogen-bond acceptors (Lipinski definition) is 4. The van der Waals surface area contributed by atoms with Gasteiger partial charge < -0.3 is 0 Å². The Bertz CT molecular complexity index is 777. The smallest absolute Gasteiger partial charge is 0.244 e. The molecule has 0 spiro atoms. The van der Waals surface area contributed by atoms with Crippen LogP contribution in [-0.4, -0.2) is 37.4 Å². The van der Waals surface area contributed by atoms with Gasteiger partial charge in [0.2, 0.25) is 15.9 Å². The van der Waals surface area contributed by atoms with Gasteiger partial charge in [0, 0.05) is 18.8 Å². The third-order valence-corrected chi connectivity index (χ3v) is 7.30. The Hall–Kier alpha value is -1.73. The second-order valence-electron chi connectivity index (χ2n) is 7.58. The van der Waals surface area contributed by atoms with E-state index in [1.165, 1.54) is 17.1 Å². The summed E-state index contributed by atoms with van der Waals surface area (Å²) in [5.74, 6) is -0.523. The Balaban J connectivity index is 1.63. The number of nitrogens with zero attached hydrogens (tertiary/aromatic N) is 2. The van der Waals surface area contributed by atoms with Crippen LogP contribution in [0.15, 0.2) is 34.3 Å². The fraction of sp³-hybridized carbons (Fsp3) is 0.600. The fourth-order valence-electron chi connectivity index (χ4n) is 3.71. The van der Waals surface area contributed by atoms with E-state index in [0.717, 1.165) is 37.0 Å². The second-order valence-corrected chi connectivity index (χ2v) is 9.52. The number of hydrogen-bond donors (Lipinski definition) is 1. The highest BCUT2D eigenvalue weighted by Gasteiger charge is 2.33. The normalized spacial score (nSPS) is 22.1. The number of sulfonamides is 1. The average Bonchev–Trinajstić information content (AvgIpc) is 2.95. The Morgan fingerprint density at radius 1 is 1.07 bits per heavy atom. The molecule has 1 saturated heterocycles. The monoisotopic (exact) mass is 391 g/mol. The number of hydrazone groups is 1. The first-order valence-corrected chi connectivity index (χ1v) is 11.3. The third kappa shape index (κ3) is 5.17. The summed E-state index contributed by atoms with van der Waals surface area (Å²) in [6.45, 7) is 2.59. The van der Waals surface area contributed by atoms with E-state index in [1.807, 2.05) is 6.92 Å². The molecule has 1 atom stereocenters. The molecule has 7 heteroatoms. The molecule has 148 valence electrons. The number of piperidine rings is 1. The number of amides is 1. The first-order chi connectivity index (χ1) is 13.0. The van der Waals surface area contributed by atoms with E-state index in [4.69, 9.17) is 0 Å². The molecule has 1 amide bonds. The standard InChI is InChI=1S/C20H29N3O3S/c1-16-10-12-19(13-11-16)27(25,26)23-14-6-7-17(15-23)20(24)22-21-18-8-4-2-3-5-9-18/h10-13,17H,2-9,14-15H2,1H3,(H,22,24)/t17-/m0/s1. The molecule has 2 fully saturated rings. The van der Waals surface area contributed by atoms with E-state index < -0.39 is 10.0 Å². The van der Waals surface area contributed by atoms with Gasteiger partial charge in [0.25, 0.3) is 0 Å². The van der Waals surface area contributed by atoms with E-state index in [2.05, 4.69) is 10.5 Å². The van der Waals surface area contributed by atoms with Gasteiger partial charge in [-0.1, -0.05) is 30.5 Å². The van der Waals surface area contributed by atoms with E-state index in [0.29, 0.717) is 19.4 Å². The van der Waals surface area contributed by atoms with Crippen LogP contribution < -0.4 is 5.43 Å². The van der Waals surface area contributed by atoms with Crippen molar-refractivity contribution in [2.75, 3.05) is 13.1 Å². The molecule has 0 aromatic heterocycles. The fourth-order valence-corrected chi connectivity index (χ4v) is 5.23. The van der Waals surface area contributed by atoms with Crippen LogP contribution in [0.2, 0.25) is 0 Å². The van der Waals surface area contributed by atoms with Gasteiger partial charge in [-0.05, 0) is 57.6 Å². The number of aryl methyl sites for hydroxylation is 1. The van der Waals surface area contributed by atoms with Crippen molar-refractivity contribution in [1.82, 2.24) is 9.73 Å². The van der Waals surface area contributed by atoms with E-state index in [1.54, 1.807) is 24.3 Å². The molecule has 1 N–H and O–H groups in total. The molecule has 1 aromatic rings. The Morgan fingerprint density at radius 2 is 1.74 bits per heavy atom. The summed E-state index contributed by atoms with van der Waals surface area (Å²) in [6.07, 6.45) is 7.96. The lowest BCUT2D eigenvalue weighted by Gasteiger charge is -2.30. The molecule has 0 bridgehead atoms. The zero-order valence-corrected chi connectivity index (χ0v) is 16.8. The van der Waals surface area contributed by atoms with Crippen LogP contribution in [0.25, 0.3) is 0 Å². The van der Waals surface area contributed by atoms with Crippen LogP contribution in [0.3, 0.4) is 0 Å². The number of nitrogens with one attached hydrogen (secondary N) is 1. The van der Waals surface area contributed by atoms with Crippen molar-refractivity contribution in [3.63, 3.8) is 0 Å². The number of carbonyl (C=O) groups excluding carboxylic acids is 1. The summed E-state index contributed by atoms with van der Waals surface area (Å²) >= 11 is 0. The molecule has 1 saturated carbocycles. The Labute approximate surface area is 162 Å². The molecule has 1 aliphatic heterocycles. The molecule has 3 rings (SSSR count). The van der Waals surface area contributed by atoms with Gasteiger partial charge in [0.05, 0.1) is 10.8 Å². The number of carbonyl (C=O) groups is 1. The minimum Gasteiger partial charge on any atom is -0.273 e. The average molecular weight is 392 g/mol. The minimum atomic E-state index is -3.57. The highest BCUT2D eigenvalue weighted by molar-refractivity contribution is 7.89. The highest BCUT2D eigenvalue weighted by atomic mass is 32.2. The summed E-state index contributed by atoms with van der Waals surface area (Å²) in [4.78, 5) is 12.8. The molecule has 2 aliphatic rings. The molecule has 0 unspecified atom stereocenters. The molecule has 6 nitrogen and oxygen atoms in total. The molecule has 1 heterocycles. The topological polar surface area (TPSA) is 78.8 Å². The molecule has 1 aliphatic carbocycles. The Kier molecular flexibility index (Phi) is 6.65. The van der Waals surface area contributed by atoms with Crippen LogP contribution >= 0.6 is 0 Å². The summed E-state index contributed by atoms with van der Waals surface area (Å²) in [5, 5.41) is 4.32. The van der Waals surface area contributed by atoms with Gasteiger partial charge in [0.1, 0.15) is 0 Å². The van der Waals surface area contributed by atoms with Crippen molar-refractivity contribution >= 4 is 21.6 Å². The zero-order chi connectivity index (χ0) is 19.3. The van der Waals surface area contributed by atoms with Gasteiger partial charge in [-0.25, -0.2) is 13.8 Å². The highest BCUT2D eigenvalue weighted by Crippen LogP contribution is 2.24. The molecule has 1 aromatic carbocycles. The first kappa shape index (κ1) is 20.0. The first-order valence-electron chi connectivity index (χ1n) is 9.89. The van der Waals surface area contributed by atoms with Crippen LogP contribution in [0.5, 0.6) is 0 Å². The van der Waals surface area contributed by atoms with Crippen molar-refractivity contribution in [1.29, 1.82) is 0 Å². The molecular weight excluding hydrogens is 362 g/mol. The van der Waals surface area contributed by atoms with Crippen LogP contribution in [0, 0.1) is 12.8 Å². The van der Waals surface area contributed by atoms with Crippen LogP contribution in [0.4, 0.5) is 0 Å². The largest absolute Gasteiger partial charge is 0.273 e. The van der Waals surface area contributed by atoms with Crippen molar-refractivity contribution < 1.29 is 13.2 Å². The molecule has 0 radical (unpaired) electrons. The second kappa shape index (κ2) is 8.97. The maximum atomic E-state index is 12.9. The summed E-state index contributed by atoms with van der Waals surface area (Å²) < 4.78 is 27.2. The van der Waals surface area contributed by atoms with Crippen molar-refractivity contribution in [3.05, 3.63) is 29.8 Å². The third-order valence-electron chi connectivity index (χ3n) is 5.42. The number of benzene rings is 1. The quantitative estimate of drug-likeness (QED) is 0.632. The van der Waals surface area contributed by atoms with Gasteiger partial charge in [0.15, 0.2) is 0 Å². The lowest BCUT2D eigenvalue weighted by Crippen LogP contribution is -2.44. The summed E-state index contributed by atoms with van der Waals surface area (Å²) in [6, 6.07) is 6.85. The van der Waals surface area contributed by atoms with E-state index >= 15 is 0 Å². The van der Waals surface area contributed by atoms with Gasteiger partial charge in [-0.15, -0.1) is 0 Å².